The molecule has 0 amide bonds. The molecule has 0 aromatic carbocycles. The molecule has 0 aliphatic carbocycles. The zero-order valence-corrected chi connectivity index (χ0v) is 54.0. The Morgan fingerprint density at radius 2 is 0.476 bits per heavy atom. The molecular formula is C76H130O6. The van der Waals surface area contributed by atoms with Gasteiger partial charge in [0.2, 0.25) is 0 Å². The standard InChI is InChI=1S/C76H130O6/c1-4-7-10-13-16-19-22-25-28-31-33-35-37-38-40-41-43-45-48-51-54-57-60-63-66-69-75(78)81-72-73(71-80-74(77)68-65-62-59-56-53-50-47-30-27-24-21-18-15-12-9-6-3)82-76(79)70-67-64-61-58-55-52-49-46-44-42-39-36-34-32-29-26-23-20-17-14-11-8-5-2/h7,10,16,19,23,25-26,28,32-35,38-40,42-43,45,73H,4-6,8-9,11-15,17-18,20-22,24,27,29-31,36-37,41,44,46-72H2,1-3H3/b10-7-,19-16-,26-23-,28-25-,34-32-,35-33-,40-38-,42-39-,45-43-. The molecule has 1 atom stereocenters. The van der Waals surface area contributed by atoms with Crippen LogP contribution in [-0.4, -0.2) is 37.2 Å². The van der Waals surface area contributed by atoms with Crippen LogP contribution in [-0.2, 0) is 28.6 Å². The van der Waals surface area contributed by atoms with Crippen LogP contribution < -0.4 is 0 Å². The van der Waals surface area contributed by atoms with E-state index in [-0.39, 0.29) is 31.1 Å². The molecule has 0 aromatic heterocycles. The molecule has 0 spiro atoms. The number of esters is 3. The van der Waals surface area contributed by atoms with E-state index in [1.807, 2.05) is 0 Å². The van der Waals surface area contributed by atoms with Crippen LogP contribution in [0.4, 0.5) is 0 Å². The molecule has 0 aromatic rings. The van der Waals surface area contributed by atoms with Gasteiger partial charge in [-0.15, -0.1) is 0 Å². The Bertz CT molecular complexity index is 1640. The number of hydrogen-bond acceptors (Lipinski definition) is 6. The van der Waals surface area contributed by atoms with Crippen molar-refractivity contribution in [3.63, 3.8) is 0 Å². The highest BCUT2D eigenvalue weighted by Gasteiger charge is 2.19. The van der Waals surface area contributed by atoms with Gasteiger partial charge < -0.3 is 14.2 Å². The number of ether oxygens (including phenoxy) is 3. The van der Waals surface area contributed by atoms with E-state index in [0.29, 0.717) is 19.3 Å². The SMILES string of the molecule is CC/C=C\C/C=C\C/C=C\C/C=C\C/C=C\C/C=C\CCCCCCCCC(=O)OCC(COC(=O)CCCCCCCCCCCCCCCCCC)OC(=O)CCCCCCCCCC/C=C\C/C=C\C/C=C\CCCCCCC. The van der Waals surface area contributed by atoms with Gasteiger partial charge >= 0.3 is 17.9 Å². The Balaban J connectivity index is 4.41. The minimum absolute atomic E-state index is 0.0840. The number of carbonyl (C=O) groups is 3. The van der Waals surface area contributed by atoms with Gasteiger partial charge in [0.25, 0.3) is 0 Å². The monoisotopic (exact) mass is 1140 g/mol. The fourth-order valence-electron chi connectivity index (χ4n) is 9.81. The van der Waals surface area contributed by atoms with Crippen molar-refractivity contribution in [1.82, 2.24) is 0 Å². The molecule has 1 unspecified atom stereocenters. The molecule has 0 bridgehead atoms. The van der Waals surface area contributed by atoms with Gasteiger partial charge in [-0.3, -0.25) is 14.4 Å². The second kappa shape index (κ2) is 69.6. The third kappa shape index (κ3) is 66.9. The summed E-state index contributed by atoms with van der Waals surface area (Å²) in [4.78, 5) is 38.5. The van der Waals surface area contributed by atoms with Gasteiger partial charge in [0.15, 0.2) is 6.10 Å². The van der Waals surface area contributed by atoms with Crippen LogP contribution in [0.2, 0.25) is 0 Å². The molecule has 0 rings (SSSR count). The van der Waals surface area contributed by atoms with Crippen molar-refractivity contribution in [3.05, 3.63) is 109 Å². The second-order valence-corrected chi connectivity index (χ2v) is 23.1. The van der Waals surface area contributed by atoms with Crippen LogP contribution in [0.1, 0.15) is 335 Å². The molecular weight excluding hydrogens is 1010 g/mol. The lowest BCUT2D eigenvalue weighted by Crippen LogP contribution is -2.30. The highest BCUT2D eigenvalue weighted by atomic mass is 16.6. The van der Waals surface area contributed by atoms with E-state index in [1.165, 1.54) is 167 Å². The predicted octanol–water partition coefficient (Wildman–Crippen LogP) is 24.2. The summed E-state index contributed by atoms with van der Waals surface area (Å²) in [5.74, 6) is -0.892. The third-order valence-electron chi connectivity index (χ3n) is 15.0. The molecule has 0 N–H and O–H groups in total. The third-order valence-corrected chi connectivity index (χ3v) is 15.0. The summed E-state index contributed by atoms with van der Waals surface area (Å²) in [7, 11) is 0. The van der Waals surface area contributed by atoms with E-state index in [1.54, 1.807) is 0 Å². The van der Waals surface area contributed by atoms with E-state index in [2.05, 4.69) is 130 Å². The Kier molecular flexibility index (Phi) is 66.2. The molecule has 0 aliphatic heterocycles. The first-order valence-electron chi connectivity index (χ1n) is 34.9. The van der Waals surface area contributed by atoms with Crippen LogP contribution in [0, 0.1) is 0 Å². The Morgan fingerprint density at radius 3 is 0.744 bits per heavy atom. The fraction of sp³-hybridized carbons (Fsp3) is 0.724. The minimum atomic E-state index is -0.791. The Hall–Kier alpha value is -3.93. The topological polar surface area (TPSA) is 78.9 Å². The highest BCUT2D eigenvalue weighted by Crippen LogP contribution is 2.17. The summed E-state index contributed by atoms with van der Waals surface area (Å²) in [6.45, 7) is 6.54. The molecule has 0 aliphatic rings. The molecule has 6 nitrogen and oxygen atoms in total. The molecule has 0 radical (unpaired) electrons. The van der Waals surface area contributed by atoms with Gasteiger partial charge in [0.05, 0.1) is 0 Å². The first-order chi connectivity index (χ1) is 40.5. The molecule has 0 fully saturated rings. The maximum atomic E-state index is 13.0. The Labute approximate surface area is 508 Å². The second-order valence-electron chi connectivity index (χ2n) is 23.1. The van der Waals surface area contributed by atoms with E-state index in [0.717, 1.165) is 128 Å². The summed E-state index contributed by atoms with van der Waals surface area (Å²) in [5.41, 5.74) is 0. The summed E-state index contributed by atoms with van der Waals surface area (Å²) in [5, 5.41) is 0. The van der Waals surface area contributed by atoms with Crippen molar-refractivity contribution >= 4 is 17.9 Å². The van der Waals surface area contributed by atoms with Crippen LogP contribution >= 0.6 is 0 Å². The first-order valence-corrected chi connectivity index (χ1v) is 34.9. The van der Waals surface area contributed by atoms with Gasteiger partial charge in [-0.05, 0) is 109 Å². The van der Waals surface area contributed by atoms with Crippen LogP contribution in [0.5, 0.6) is 0 Å². The maximum absolute atomic E-state index is 13.0. The lowest BCUT2D eigenvalue weighted by molar-refractivity contribution is -0.167. The summed E-state index contributed by atoms with van der Waals surface area (Å²) in [6.07, 6.45) is 95.2. The summed E-state index contributed by atoms with van der Waals surface area (Å²) >= 11 is 0. The average molecular weight is 1140 g/mol. The van der Waals surface area contributed by atoms with Crippen molar-refractivity contribution in [2.24, 2.45) is 0 Å². The molecule has 6 heteroatoms. The summed E-state index contributed by atoms with van der Waals surface area (Å²) < 4.78 is 17.0. The Morgan fingerprint density at radius 1 is 0.256 bits per heavy atom. The van der Waals surface area contributed by atoms with Crippen molar-refractivity contribution in [2.45, 2.75) is 341 Å². The van der Waals surface area contributed by atoms with Crippen LogP contribution in [0.25, 0.3) is 0 Å². The number of hydrogen-bond donors (Lipinski definition) is 0. The van der Waals surface area contributed by atoms with Gasteiger partial charge in [0, 0.05) is 19.3 Å². The minimum Gasteiger partial charge on any atom is -0.462 e. The first kappa shape index (κ1) is 78.1. The zero-order chi connectivity index (χ0) is 59.2. The lowest BCUT2D eigenvalue weighted by Gasteiger charge is -2.18. The molecule has 0 saturated heterocycles. The van der Waals surface area contributed by atoms with Crippen molar-refractivity contribution in [1.29, 1.82) is 0 Å². The van der Waals surface area contributed by atoms with Gasteiger partial charge in [-0.1, -0.05) is 316 Å². The quantitative estimate of drug-likeness (QED) is 0.0261. The van der Waals surface area contributed by atoms with Crippen molar-refractivity contribution in [2.75, 3.05) is 13.2 Å². The normalized spacial score (nSPS) is 12.8. The van der Waals surface area contributed by atoms with E-state index >= 15 is 0 Å². The largest absolute Gasteiger partial charge is 0.462 e. The van der Waals surface area contributed by atoms with E-state index in [9.17, 15) is 14.4 Å². The highest BCUT2D eigenvalue weighted by molar-refractivity contribution is 5.71. The smallest absolute Gasteiger partial charge is 0.306 e. The molecule has 0 saturated carbocycles. The molecule has 470 valence electrons. The van der Waals surface area contributed by atoms with Crippen molar-refractivity contribution < 1.29 is 28.6 Å². The number of allylic oxidation sites excluding steroid dienone is 18. The number of rotatable bonds is 63. The van der Waals surface area contributed by atoms with E-state index in [4.69, 9.17) is 14.2 Å². The van der Waals surface area contributed by atoms with Crippen molar-refractivity contribution in [3.8, 4) is 0 Å². The maximum Gasteiger partial charge on any atom is 0.306 e. The zero-order valence-electron chi connectivity index (χ0n) is 54.0. The van der Waals surface area contributed by atoms with Crippen LogP contribution in [0.15, 0.2) is 109 Å². The van der Waals surface area contributed by atoms with Crippen LogP contribution in [0.3, 0.4) is 0 Å². The number of carbonyl (C=O) groups excluding carboxylic acids is 3. The number of unbranched alkanes of at least 4 members (excludes halogenated alkanes) is 34. The van der Waals surface area contributed by atoms with E-state index < -0.39 is 6.10 Å². The van der Waals surface area contributed by atoms with Gasteiger partial charge in [-0.2, -0.15) is 0 Å². The van der Waals surface area contributed by atoms with Gasteiger partial charge in [-0.25, -0.2) is 0 Å². The summed E-state index contributed by atoms with van der Waals surface area (Å²) in [6, 6.07) is 0. The average Bonchev–Trinajstić information content (AvgIpc) is 3.47. The van der Waals surface area contributed by atoms with Gasteiger partial charge in [0.1, 0.15) is 13.2 Å². The molecule has 82 heavy (non-hydrogen) atoms. The fourth-order valence-corrected chi connectivity index (χ4v) is 9.81. The molecule has 0 heterocycles. The lowest BCUT2D eigenvalue weighted by atomic mass is 10.0. The predicted molar refractivity (Wildman–Crippen MR) is 357 cm³/mol.